The van der Waals surface area contributed by atoms with Gasteiger partial charge >= 0.3 is 0 Å². The van der Waals surface area contributed by atoms with E-state index in [0.717, 1.165) is 42.2 Å². The minimum Gasteiger partial charge on any atom is -0.454 e. The monoisotopic (exact) mass is 348 g/mol. The van der Waals surface area contributed by atoms with Crippen molar-refractivity contribution < 1.29 is 9.47 Å². The van der Waals surface area contributed by atoms with Gasteiger partial charge in [0.1, 0.15) is 0 Å². The Balaban J connectivity index is 0.00000133. The Labute approximate surface area is 128 Å². The lowest BCUT2D eigenvalue weighted by atomic mass is 10.1. The molecule has 0 saturated carbocycles. The highest BCUT2D eigenvalue weighted by molar-refractivity contribution is 9.10. The van der Waals surface area contributed by atoms with Gasteiger partial charge in [0.2, 0.25) is 6.79 Å². The van der Waals surface area contributed by atoms with E-state index >= 15 is 0 Å². The molecule has 1 saturated heterocycles. The molecule has 2 aliphatic rings. The average molecular weight is 350 g/mol. The molecule has 19 heavy (non-hydrogen) atoms. The quantitative estimate of drug-likeness (QED) is 0.889. The molecule has 2 heterocycles. The molecular weight excluding hydrogens is 332 g/mol. The van der Waals surface area contributed by atoms with Crippen molar-refractivity contribution in [2.24, 2.45) is 0 Å². The standard InChI is InChI=1S/C13H17BrN2O2.ClH/c1-9-6-16(3-2-15-9)7-10-4-12-13(5-11(10)14)18-8-17-12;/h4-5,9,15H,2-3,6-8H2,1H3;1H. The Morgan fingerprint density at radius 3 is 2.84 bits per heavy atom. The highest BCUT2D eigenvalue weighted by Crippen LogP contribution is 2.37. The normalized spacial score (nSPS) is 22.1. The van der Waals surface area contributed by atoms with Gasteiger partial charge in [0.15, 0.2) is 11.5 Å². The third kappa shape index (κ3) is 3.34. The second-order valence-corrected chi connectivity index (χ2v) is 5.74. The highest BCUT2D eigenvalue weighted by Gasteiger charge is 2.20. The van der Waals surface area contributed by atoms with Gasteiger partial charge in [0.05, 0.1) is 0 Å². The summed E-state index contributed by atoms with van der Waals surface area (Å²) in [6.07, 6.45) is 0. The number of ether oxygens (including phenoxy) is 2. The van der Waals surface area contributed by atoms with Crippen molar-refractivity contribution >= 4 is 28.3 Å². The fraction of sp³-hybridized carbons (Fsp3) is 0.538. The van der Waals surface area contributed by atoms with Crippen molar-refractivity contribution in [1.82, 2.24) is 10.2 Å². The van der Waals surface area contributed by atoms with Crippen molar-refractivity contribution in [1.29, 1.82) is 0 Å². The number of fused-ring (bicyclic) bond motifs is 1. The Bertz CT molecular complexity index is 459. The molecule has 4 nitrogen and oxygen atoms in total. The molecule has 1 unspecified atom stereocenters. The Morgan fingerprint density at radius 1 is 1.37 bits per heavy atom. The Hall–Kier alpha value is -0.490. The molecule has 1 aromatic carbocycles. The maximum absolute atomic E-state index is 5.43. The van der Waals surface area contributed by atoms with E-state index in [1.807, 2.05) is 6.07 Å². The second-order valence-electron chi connectivity index (χ2n) is 4.89. The van der Waals surface area contributed by atoms with Crippen molar-refractivity contribution in [3.63, 3.8) is 0 Å². The third-order valence-electron chi connectivity index (χ3n) is 3.39. The predicted octanol–water partition coefficient (Wildman–Crippen LogP) is 2.39. The summed E-state index contributed by atoms with van der Waals surface area (Å²) in [5, 5.41) is 3.46. The van der Waals surface area contributed by atoms with Crippen LogP contribution in [0.3, 0.4) is 0 Å². The van der Waals surface area contributed by atoms with Gasteiger partial charge in [-0.25, -0.2) is 0 Å². The summed E-state index contributed by atoms with van der Waals surface area (Å²) in [5.41, 5.74) is 1.26. The molecule has 2 aliphatic heterocycles. The maximum Gasteiger partial charge on any atom is 0.231 e. The summed E-state index contributed by atoms with van der Waals surface area (Å²) in [6.45, 7) is 6.73. The topological polar surface area (TPSA) is 33.7 Å². The van der Waals surface area contributed by atoms with Crippen molar-refractivity contribution in [2.75, 3.05) is 26.4 Å². The first kappa shape index (κ1) is 14.9. The molecular formula is C13H18BrClN2O2. The number of hydrogen-bond donors (Lipinski definition) is 1. The highest BCUT2D eigenvalue weighted by atomic mass is 79.9. The zero-order valence-corrected chi connectivity index (χ0v) is 13.2. The molecule has 0 aliphatic carbocycles. The zero-order chi connectivity index (χ0) is 12.5. The van der Waals surface area contributed by atoms with Crippen molar-refractivity contribution in [3.05, 3.63) is 22.2 Å². The van der Waals surface area contributed by atoms with E-state index in [4.69, 9.17) is 9.47 Å². The molecule has 0 spiro atoms. The number of halogens is 2. The van der Waals surface area contributed by atoms with Crippen LogP contribution in [0.4, 0.5) is 0 Å². The summed E-state index contributed by atoms with van der Waals surface area (Å²) < 4.78 is 11.9. The van der Waals surface area contributed by atoms with Gasteiger partial charge in [-0.2, -0.15) is 0 Å². The fourth-order valence-electron chi connectivity index (χ4n) is 2.48. The van der Waals surface area contributed by atoms with Crippen LogP contribution in [-0.4, -0.2) is 37.4 Å². The van der Waals surface area contributed by atoms with E-state index in [-0.39, 0.29) is 12.4 Å². The molecule has 1 aromatic rings. The number of piperazine rings is 1. The lowest BCUT2D eigenvalue weighted by Crippen LogP contribution is -2.48. The van der Waals surface area contributed by atoms with Crippen LogP contribution in [-0.2, 0) is 6.54 Å². The second kappa shape index (κ2) is 6.31. The molecule has 0 aromatic heterocycles. The molecule has 0 amide bonds. The molecule has 106 valence electrons. The Kier molecular flexibility index (Phi) is 4.95. The fourth-order valence-corrected chi connectivity index (χ4v) is 2.92. The zero-order valence-electron chi connectivity index (χ0n) is 10.8. The van der Waals surface area contributed by atoms with E-state index in [0.29, 0.717) is 12.8 Å². The van der Waals surface area contributed by atoms with Gasteiger partial charge in [-0.1, -0.05) is 15.9 Å². The summed E-state index contributed by atoms with van der Waals surface area (Å²) in [7, 11) is 0. The van der Waals surface area contributed by atoms with E-state index in [1.54, 1.807) is 0 Å². The third-order valence-corrected chi connectivity index (χ3v) is 4.13. The van der Waals surface area contributed by atoms with Crippen molar-refractivity contribution in [3.8, 4) is 11.5 Å². The number of benzene rings is 1. The summed E-state index contributed by atoms with van der Waals surface area (Å²) >= 11 is 3.61. The van der Waals surface area contributed by atoms with Crippen molar-refractivity contribution in [2.45, 2.75) is 19.5 Å². The Morgan fingerprint density at radius 2 is 2.11 bits per heavy atom. The maximum atomic E-state index is 5.43. The van der Waals surface area contributed by atoms with Crippen LogP contribution in [0, 0.1) is 0 Å². The van der Waals surface area contributed by atoms with Gasteiger partial charge in [-0.15, -0.1) is 12.4 Å². The first-order valence-corrected chi connectivity index (χ1v) is 7.05. The van der Waals surface area contributed by atoms with E-state index in [1.165, 1.54) is 5.56 Å². The molecule has 1 atom stereocenters. The van der Waals surface area contributed by atoms with Gasteiger partial charge in [-0.3, -0.25) is 4.90 Å². The predicted molar refractivity (Wildman–Crippen MR) is 80.3 cm³/mol. The molecule has 3 rings (SSSR count). The summed E-state index contributed by atoms with van der Waals surface area (Å²) in [6, 6.07) is 4.65. The summed E-state index contributed by atoms with van der Waals surface area (Å²) in [5.74, 6) is 1.69. The largest absolute Gasteiger partial charge is 0.454 e. The van der Waals surface area contributed by atoms with E-state index in [2.05, 4.69) is 39.1 Å². The minimum atomic E-state index is 0. The SMILES string of the molecule is CC1CN(Cc2cc3c(cc2Br)OCO3)CCN1.Cl. The average Bonchev–Trinajstić information content (AvgIpc) is 2.76. The molecule has 0 radical (unpaired) electrons. The van der Waals surface area contributed by atoms with Crippen LogP contribution in [0.1, 0.15) is 12.5 Å². The van der Waals surface area contributed by atoms with Gasteiger partial charge in [-0.05, 0) is 24.6 Å². The number of hydrogen-bond acceptors (Lipinski definition) is 4. The van der Waals surface area contributed by atoms with Gasteiger partial charge < -0.3 is 14.8 Å². The summed E-state index contributed by atoms with van der Waals surface area (Å²) in [4.78, 5) is 2.46. The number of nitrogens with zero attached hydrogens (tertiary/aromatic N) is 1. The minimum absolute atomic E-state index is 0. The van der Waals surface area contributed by atoms with Gasteiger partial charge in [0, 0.05) is 36.7 Å². The van der Waals surface area contributed by atoms with Crippen LogP contribution >= 0.6 is 28.3 Å². The van der Waals surface area contributed by atoms with Crippen LogP contribution in [0.5, 0.6) is 11.5 Å². The smallest absolute Gasteiger partial charge is 0.231 e. The van der Waals surface area contributed by atoms with Crippen LogP contribution in [0.25, 0.3) is 0 Å². The van der Waals surface area contributed by atoms with E-state index in [9.17, 15) is 0 Å². The van der Waals surface area contributed by atoms with Crippen LogP contribution in [0.2, 0.25) is 0 Å². The van der Waals surface area contributed by atoms with E-state index < -0.39 is 0 Å². The van der Waals surface area contributed by atoms with Crippen LogP contribution in [0.15, 0.2) is 16.6 Å². The van der Waals surface area contributed by atoms with Crippen LogP contribution < -0.4 is 14.8 Å². The molecule has 1 fully saturated rings. The number of nitrogens with one attached hydrogen (secondary N) is 1. The lowest BCUT2D eigenvalue weighted by Gasteiger charge is -2.32. The molecule has 1 N–H and O–H groups in total. The molecule has 6 heteroatoms. The van der Waals surface area contributed by atoms with Gasteiger partial charge in [0.25, 0.3) is 0 Å². The molecule has 0 bridgehead atoms. The first-order valence-electron chi connectivity index (χ1n) is 6.26. The number of rotatable bonds is 2. The first-order chi connectivity index (χ1) is 8.72. The lowest BCUT2D eigenvalue weighted by molar-refractivity contribution is 0.173.